The lowest BCUT2D eigenvalue weighted by Gasteiger charge is -2.11. The first-order chi connectivity index (χ1) is 14.3. The molecule has 7 heteroatoms. The summed E-state index contributed by atoms with van der Waals surface area (Å²) in [7, 11) is -2.51. The van der Waals surface area contributed by atoms with Gasteiger partial charge in [-0.3, -0.25) is 4.79 Å². The maximum atomic E-state index is 13.3. The number of allylic oxidation sites excluding steroid dienone is 1. The SMILES string of the molecule is COc1ccccc1/C=C(\C(=O)c1ccc(Cl)cc1)S(=O)(=O)Cc1ccc(Cl)cc1. The van der Waals surface area contributed by atoms with E-state index in [4.69, 9.17) is 27.9 Å². The van der Waals surface area contributed by atoms with E-state index in [-0.39, 0.29) is 16.2 Å². The molecule has 0 saturated heterocycles. The van der Waals surface area contributed by atoms with Gasteiger partial charge in [-0.1, -0.05) is 53.5 Å². The van der Waals surface area contributed by atoms with Crippen LogP contribution in [0.2, 0.25) is 10.0 Å². The van der Waals surface area contributed by atoms with Crippen molar-refractivity contribution < 1.29 is 17.9 Å². The molecule has 0 saturated carbocycles. The Morgan fingerprint density at radius 2 is 1.47 bits per heavy atom. The Kier molecular flexibility index (Phi) is 6.98. The van der Waals surface area contributed by atoms with Gasteiger partial charge in [0, 0.05) is 21.2 Å². The highest BCUT2D eigenvalue weighted by atomic mass is 35.5. The number of carbonyl (C=O) groups excluding carboxylic acids is 1. The molecule has 0 aromatic heterocycles. The van der Waals surface area contributed by atoms with Crippen molar-refractivity contribution in [2.24, 2.45) is 0 Å². The number of rotatable bonds is 7. The number of benzene rings is 3. The van der Waals surface area contributed by atoms with Gasteiger partial charge in [-0.15, -0.1) is 0 Å². The van der Waals surface area contributed by atoms with Crippen LogP contribution in [0.1, 0.15) is 21.5 Å². The van der Waals surface area contributed by atoms with E-state index in [1.165, 1.54) is 25.3 Å². The van der Waals surface area contributed by atoms with Crippen molar-refractivity contribution in [1.82, 2.24) is 0 Å². The van der Waals surface area contributed by atoms with Gasteiger partial charge in [0.05, 0.1) is 12.9 Å². The molecule has 0 heterocycles. The maximum absolute atomic E-state index is 13.3. The van der Waals surface area contributed by atoms with Crippen molar-refractivity contribution in [3.05, 3.63) is 104 Å². The Morgan fingerprint density at radius 3 is 2.07 bits per heavy atom. The minimum atomic E-state index is -3.99. The van der Waals surface area contributed by atoms with E-state index in [1.807, 2.05) is 0 Å². The largest absolute Gasteiger partial charge is 0.496 e. The number of halogens is 2. The van der Waals surface area contributed by atoms with Crippen molar-refractivity contribution in [3.63, 3.8) is 0 Å². The van der Waals surface area contributed by atoms with Gasteiger partial charge >= 0.3 is 0 Å². The van der Waals surface area contributed by atoms with Crippen molar-refractivity contribution in [3.8, 4) is 5.75 Å². The van der Waals surface area contributed by atoms with Crippen LogP contribution in [-0.4, -0.2) is 21.3 Å². The molecule has 30 heavy (non-hydrogen) atoms. The van der Waals surface area contributed by atoms with Crippen LogP contribution in [0.3, 0.4) is 0 Å². The van der Waals surface area contributed by atoms with Crippen molar-refractivity contribution in [2.75, 3.05) is 7.11 Å². The van der Waals surface area contributed by atoms with E-state index in [0.29, 0.717) is 26.9 Å². The zero-order valence-corrected chi connectivity index (χ0v) is 18.3. The quantitative estimate of drug-likeness (QED) is 0.328. The fourth-order valence-corrected chi connectivity index (χ4v) is 4.59. The predicted molar refractivity (Wildman–Crippen MR) is 121 cm³/mol. The average Bonchev–Trinajstić information content (AvgIpc) is 2.73. The molecular formula is C23H18Cl2O4S. The van der Waals surface area contributed by atoms with Crippen LogP contribution in [0, 0.1) is 0 Å². The molecule has 0 amide bonds. The molecule has 0 bridgehead atoms. The monoisotopic (exact) mass is 460 g/mol. The zero-order valence-electron chi connectivity index (χ0n) is 16.0. The van der Waals surface area contributed by atoms with Crippen LogP contribution < -0.4 is 4.74 Å². The van der Waals surface area contributed by atoms with Crippen molar-refractivity contribution in [1.29, 1.82) is 0 Å². The second-order valence-electron chi connectivity index (χ2n) is 6.47. The summed E-state index contributed by atoms with van der Waals surface area (Å²) in [4.78, 5) is 12.9. The molecule has 3 aromatic rings. The lowest BCUT2D eigenvalue weighted by molar-refractivity contribution is 0.104. The maximum Gasteiger partial charge on any atom is 0.204 e. The normalized spacial score (nSPS) is 11.9. The van der Waals surface area contributed by atoms with Gasteiger partial charge in [0.1, 0.15) is 10.7 Å². The molecule has 0 aliphatic rings. The van der Waals surface area contributed by atoms with Crippen LogP contribution >= 0.6 is 23.2 Å². The van der Waals surface area contributed by atoms with Gasteiger partial charge in [0.15, 0.2) is 9.84 Å². The van der Waals surface area contributed by atoms with Crippen molar-refractivity contribution in [2.45, 2.75) is 5.75 Å². The first kappa shape index (κ1) is 22.1. The predicted octanol–water partition coefficient (Wildman–Crippen LogP) is 5.84. The molecule has 4 nitrogen and oxygen atoms in total. The third kappa shape index (κ3) is 5.30. The van der Waals surface area contributed by atoms with Gasteiger partial charge in [-0.05, 0) is 54.1 Å². The van der Waals surface area contributed by atoms with Gasteiger partial charge in [0.2, 0.25) is 5.78 Å². The lowest BCUT2D eigenvalue weighted by atomic mass is 10.1. The molecular weight excluding hydrogens is 443 g/mol. The van der Waals surface area contributed by atoms with E-state index in [9.17, 15) is 13.2 Å². The highest BCUT2D eigenvalue weighted by Gasteiger charge is 2.27. The molecule has 0 unspecified atom stereocenters. The van der Waals surface area contributed by atoms with Crippen LogP contribution in [0.4, 0.5) is 0 Å². The van der Waals surface area contributed by atoms with Crippen LogP contribution in [-0.2, 0) is 15.6 Å². The Labute approximate surface area is 185 Å². The number of carbonyl (C=O) groups is 1. The average molecular weight is 461 g/mol. The molecule has 154 valence electrons. The smallest absolute Gasteiger partial charge is 0.204 e. The summed E-state index contributed by atoms with van der Waals surface area (Å²) < 4.78 is 31.9. The number of methoxy groups -OCH3 is 1. The molecule has 0 atom stereocenters. The zero-order chi connectivity index (χ0) is 21.7. The number of Topliss-reactive ketones (excluding diaryl/α,β-unsaturated/α-hetero) is 1. The summed E-state index contributed by atoms with van der Waals surface area (Å²) >= 11 is 11.8. The number of ether oxygens (including phenoxy) is 1. The summed E-state index contributed by atoms with van der Waals surface area (Å²) in [5.41, 5.74) is 1.23. The summed E-state index contributed by atoms with van der Waals surface area (Å²) in [6.07, 6.45) is 1.35. The summed E-state index contributed by atoms with van der Waals surface area (Å²) in [5, 5.41) is 0.948. The number of hydrogen-bond acceptors (Lipinski definition) is 4. The fourth-order valence-electron chi connectivity index (χ4n) is 2.84. The van der Waals surface area contributed by atoms with Gasteiger partial charge in [-0.25, -0.2) is 8.42 Å². The molecule has 0 radical (unpaired) electrons. The third-order valence-corrected chi connectivity index (χ3v) is 6.55. The number of para-hydroxylation sites is 1. The molecule has 0 fully saturated rings. The Morgan fingerprint density at radius 1 is 0.900 bits per heavy atom. The van der Waals surface area contributed by atoms with Gasteiger partial charge in [-0.2, -0.15) is 0 Å². The molecule has 0 N–H and O–H groups in total. The topological polar surface area (TPSA) is 60.4 Å². The lowest BCUT2D eigenvalue weighted by Crippen LogP contribution is -2.16. The summed E-state index contributed by atoms with van der Waals surface area (Å²) in [6, 6.07) is 19.4. The first-order valence-electron chi connectivity index (χ1n) is 8.92. The summed E-state index contributed by atoms with van der Waals surface area (Å²) in [5.74, 6) is -0.503. The standard InChI is InChI=1S/C23H18Cl2O4S/c1-29-21-5-3-2-4-18(21)14-22(23(26)17-8-12-20(25)13-9-17)30(27,28)15-16-6-10-19(24)11-7-16/h2-14H,15H2,1H3/b22-14+. The molecule has 0 spiro atoms. The second kappa shape index (κ2) is 9.47. The molecule has 3 rings (SSSR count). The van der Waals surface area contributed by atoms with E-state index in [2.05, 4.69) is 0 Å². The van der Waals surface area contributed by atoms with E-state index in [1.54, 1.807) is 60.7 Å². The first-order valence-corrected chi connectivity index (χ1v) is 11.3. The van der Waals surface area contributed by atoms with Crippen LogP contribution in [0.15, 0.2) is 77.7 Å². The minimum absolute atomic E-state index is 0.222. The van der Waals surface area contributed by atoms with Crippen LogP contribution in [0.5, 0.6) is 5.75 Å². The highest BCUT2D eigenvalue weighted by Crippen LogP contribution is 2.27. The van der Waals surface area contributed by atoms with Gasteiger partial charge < -0.3 is 4.74 Å². The number of hydrogen-bond donors (Lipinski definition) is 0. The van der Waals surface area contributed by atoms with E-state index in [0.717, 1.165) is 0 Å². The number of ketones is 1. The summed E-state index contributed by atoms with van der Waals surface area (Å²) in [6.45, 7) is 0. The van der Waals surface area contributed by atoms with Crippen molar-refractivity contribution >= 4 is 44.9 Å². The molecule has 0 aliphatic heterocycles. The molecule has 3 aromatic carbocycles. The minimum Gasteiger partial charge on any atom is -0.496 e. The Balaban J connectivity index is 2.10. The third-order valence-electron chi connectivity index (χ3n) is 4.36. The Hall–Kier alpha value is -2.60. The highest BCUT2D eigenvalue weighted by molar-refractivity contribution is 7.95. The fraction of sp³-hybridized carbons (Fsp3) is 0.0870. The second-order valence-corrected chi connectivity index (χ2v) is 9.30. The van der Waals surface area contributed by atoms with Gasteiger partial charge in [0.25, 0.3) is 0 Å². The molecule has 0 aliphatic carbocycles. The van der Waals surface area contributed by atoms with E-state index < -0.39 is 15.6 Å². The Bertz CT molecular complexity index is 1180. The van der Waals surface area contributed by atoms with Crippen LogP contribution in [0.25, 0.3) is 6.08 Å². The number of sulfone groups is 1. The van der Waals surface area contributed by atoms with E-state index >= 15 is 0 Å².